The number of hydrogen-bond donors (Lipinski definition) is 1. The Hall–Kier alpha value is -3.31. The normalized spacial score (nSPS) is 18.3. The van der Waals surface area contributed by atoms with Gasteiger partial charge in [-0.3, -0.25) is 14.4 Å². The highest BCUT2D eigenvalue weighted by atomic mass is 16.5. The summed E-state index contributed by atoms with van der Waals surface area (Å²) < 4.78 is 14.6. The summed E-state index contributed by atoms with van der Waals surface area (Å²) in [7, 11) is 1.51. The minimum Gasteiger partial charge on any atom is -0.479 e. The van der Waals surface area contributed by atoms with Crippen LogP contribution in [-0.2, 0) is 17.7 Å². The summed E-state index contributed by atoms with van der Waals surface area (Å²) in [4.78, 5) is 19.9. The Labute approximate surface area is 191 Å². The lowest BCUT2D eigenvalue weighted by molar-refractivity contribution is 0.0359. The fraction of sp³-hybridized carbons (Fsp3) is 0.500. The summed E-state index contributed by atoms with van der Waals surface area (Å²) in [6.07, 6.45) is 3.68. The number of aromatic nitrogens is 6. The van der Waals surface area contributed by atoms with E-state index < -0.39 is 0 Å². The van der Waals surface area contributed by atoms with E-state index in [4.69, 9.17) is 9.47 Å². The maximum Gasteiger partial charge on any atom is 0.263 e. The van der Waals surface area contributed by atoms with E-state index in [0.717, 1.165) is 57.3 Å². The second-order valence-electron chi connectivity index (χ2n) is 8.33. The van der Waals surface area contributed by atoms with Crippen molar-refractivity contribution in [3.8, 4) is 17.4 Å². The number of ether oxygens (including phenoxy) is 2. The van der Waals surface area contributed by atoms with Crippen LogP contribution >= 0.6 is 0 Å². The number of aryl methyl sites for hydroxylation is 1. The predicted octanol–water partition coefficient (Wildman–Crippen LogP) is 1.64. The number of rotatable bonds is 7. The molecule has 0 unspecified atom stereocenters. The summed E-state index contributed by atoms with van der Waals surface area (Å²) in [6.45, 7) is 6.95. The average molecular weight is 453 g/mol. The third kappa shape index (κ3) is 4.46. The predicted molar refractivity (Wildman–Crippen MR) is 120 cm³/mol. The van der Waals surface area contributed by atoms with E-state index in [1.165, 1.54) is 7.11 Å². The molecule has 1 saturated heterocycles. The molecule has 0 bridgehead atoms. The van der Waals surface area contributed by atoms with Crippen molar-refractivity contribution < 1.29 is 14.3 Å². The van der Waals surface area contributed by atoms with Crippen LogP contribution in [0.3, 0.4) is 0 Å². The molecule has 2 aliphatic rings. The second kappa shape index (κ2) is 9.28. The highest BCUT2D eigenvalue weighted by Crippen LogP contribution is 2.30. The van der Waals surface area contributed by atoms with E-state index in [0.29, 0.717) is 29.7 Å². The molecule has 5 heterocycles. The first-order valence-electron chi connectivity index (χ1n) is 11.3. The third-order valence-electron chi connectivity index (χ3n) is 6.13. The van der Waals surface area contributed by atoms with Crippen molar-refractivity contribution in [1.29, 1.82) is 0 Å². The molecule has 2 aliphatic heterocycles. The van der Waals surface area contributed by atoms with Gasteiger partial charge in [-0.15, -0.1) is 15.3 Å². The van der Waals surface area contributed by atoms with Gasteiger partial charge in [-0.2, -0.15) is 0 Å². The van der Waals surface area contributed by atoms with Crippen LogP contribution in [0.2, 0.25) is 0 Å². The first-order chi connectivity index (χ1) is 16.1. The molecule has 0 aliphatic carbocycles. The Morgan fingerprint density at radius 2 is 2.09 bits per heavy atom. The molecule has 1 amide bonds. The molecule has 1 fully saturated rings. The fourth-order valence-corrected chi connectivity index (χ4v) is 4.30. The van der Waals surface area contributed by atoms with Crippen molar-refractivity contribution in [2.24, 2.45) is 0 Å². The van der Waals surface area contributed by atoms with Crippen LogP contribution in [0.1, 0.15) is 35.6 Å². The number of carbonyl (C=O) groups excluding carboxylic acids is 1. The van der Waals surface area contributed by atoms with Crippen molar-refractivity contribution in [3.63, 3.8) is 0 Å². The van der Waals surface area contributed by atoms with Gasteiger partial charge in [-0.25, -0.2) is 4.98 Å². The van der Waals surface area contributed by atoms with Crippen molar-refractivity contribution in [2.75, 3.05) is 45.3 Å². The van der Waals surface area contributed by atoms with Crippen molar-refractivity contribution >= 4 is 11.7 Å². The lowest BCUT2D eigenvalue weighted by atomic mass is 10.2. The number of nitrogens with zero attached hydrogens (tertiary/aromatic N) is 7. The van der Waals surface area contributed by atoms with Crippen LogP contribution in [0.4, 0.5) is 5.82 Å². The number of fused-ring (bicyclic) bond motifs is 1. The van der Waals surface area contributed by atoms with Crippen LogP contribution in [0, 0.1) is 0 Å². The highest BCUT2D eigenvalue weighted by Gasteiger charge is 2.25. The number of morpholine rings is 1. The molecule has 0 radical (unpaired) electrons. The Morgan fingerprint density at radius 1 is 1.24 bits per heavy atom. The number of pyridine rings is 1. The minimum atomic E-state index is -0.325. The summed E-state index contributed by atoms with van der Waals surface area (Å²) in [6, 6.07) is 5.81. The second-order valence-corrected chi connectivity index (χ2v) is 8.33. The van der Waals surface area contributed by atoms with Gasteiger partial charge < -0.3 is 19.4 Å². The topological polar surface area (TPSA) is 112 Å². The quantitative estimate of drug-likeness (QED) is 0.576. The first kappa shape index (κ1) is 21.5. The first-order valence-corrected chi connectivity index (χ1v) is 11.3. The fourth-order valence-electron chi connectivity index (χ4n) is 4.30. The third-order valence-corrected chi connectivity index (χ3v) is 6.13. The standard InChI is InChI=1S/C22H28N8O3/c1-15-6-7-19-25-26-20(30(15)19)17-4-3-5-18(23-17)24-21(31)16-14-29(27-22(16)32-2)9-8-28-10-12-33-13-11-28/h3-5,14-15H,6-13H2,1-2H3,(H,23,24,31)/t15-/m0/s1. The molecule has 5 rings (SSSR count). The molecule has 1 N–H and O–H groups in total. The zero-order valence-electron chi connectivity index (χ0n) is 18.9. The van der Waals surface area contributed by atoms with Crippen LogP contribution in [0.15, 0.2) is 24.4 Å². The zero-order valence-corrected chi connectivity index (χ0v) is 18.9. The molecule has 3 aromatic rings. The van der Waals surface area contributed by atoms with E-state index >= 15 is 0 Å². The Kier molecular flexibility index (Phi) is 6.05. The van der Waals surface area contributed by atoms with E-state index in [2.05, 4.69) is 42.0 Å². The molecule has 0 spiro atoms. The summed E-state index contributed by atoms with van der Waals surface area (Å²) >= 11 is 0. The molecule has 11 nitrogen and oxygen atoms in total. The van der Waals surface area contributed by atoms with Gasteiger partial charge in [-0.1, -0.05) is 6.07 Å². The Bertz CT molecular complexity index is 1130. The number of nitrogens with one attached hydrogen (secondary N) is 1. The highest BCUT2D eigenvalue weighted by molar-refractivity contribution is 6.05. The Balaban J connectivity index is 1.30. The largest absolute Gasteiger partial charge is 0.479 e. The number of amides is 1. The van der Waals surface area contributed by atoms with Gasteiger partial charge in [0.05, 0.1) is 26.9 Å². The number of carbonyl (C=O) groups is 1. The summed E-state index contributed by atoms with van der Waals surface area (Å²) in [5.74, 6) is 2.09. The molecule has 1 atom stereocenters. The van der Waals surface area contributed by atoms with Crippen molar-refractivity contribution in [2.45, 2.75) is 32.4 Å². The maximum absolute atomic E-state index is 13.0. The molecule has 11 heteroatoms. The molecule has 3 aromatic heterocycles. The van der Waals surface area contributed by atoms with E-state index in [1.54, 1.807) is 16.9 Å². The smallest absolute Gasteiger partial charge is 0.263 e. The lowest BCUT2D eigenvalue weighted by Gasteiger charge is -2.26. The lowest BCUT2D eigenvalue weighted by Crippen LogP contribution is -2.38. The van der Waals surface area contributed by atoms with E-state index in [9.17, 15) is 4.79 Å². The van der Waals surface area contributed by atoms with Gasteiger partial charge in [0.1, 0.15) is 22.9 Å². The average Bonchev–Trinajstić information content (AvgIpc) is 3.55. The van der Waals surface area contributed by atoms with E-state index in [1.807, 2.05) is 12.1 Å². The van der Waals surface area contributed by atoms with Gasteiger partial charge in [0.2, 0.25) is 5.88 Å². The van der Waals surface area contributed by atoms with E-state index in [-0.39, 0.29) is 11.8 Å². The molecular weight excluding hydrogens is 424 g/mol. The molecule has 174 valence electrons. The minimum absolute atomic E-state index is 0.287. The SMILES string of the molecule is COc1nn(CCN2CCOCC2)cc1C(=O)Nc1cccc(-c2nnc3n2[C@@H](C)CC3)n1. The van der Waals surface area contributed by atoms with Crippen LogP contribution in [0.25, 0.3) is 11.5 Å². The zero-order chi connectivity index (χ0) is 22.8. The Morgan fingerprint density at radius 3 is 2.91 bits per heavy atom. The summed E-state index contributed by atoms with van der Waals surface area (Å²) in [5, 5.41) is 15.9. The van der Waals surface area contributed by atoms with Crippen molar-refractivity contribution in [3.05, 3.63) is 35.8 Å². The van der Waals surface area contributed by atoms with Gasteiger partial charge >= 0.3 is 0 Å². The van der Waals surface area contributed by atoms with Crippen LogP contribution < -0.4 is 10.1 Å². The van der Waals surface area contributed by atoms with Gasteiger partial charge in [-0.05, 0) is 25.5 Å². The molecule has 0 saturated carbocycles. The molecular formula is C22H28N8O3. The monoisotopic (exact) mass is 452 g/mol. The van der Waals surface area contributed by atoms with Crippen LogP contribution in [-0.4, -0.2) is 80.3 Å². The van der Waals surface area contributed by atoms with Gasteiger partial charge in [0, 0.05) is 38.3 Å². The molecule has 0 aromatic carbocycles. The van der Waals surface area contributed by atoms with Gasteiger partial charge in [0.15, 0.2) is 5.82 Å². The number of anilines is 1. The molecule has 33 heavy (non-hydrogen) atoms. The number of methoxy groups -OCH3 is 1. The van der Waals surface area contributed by atoms with Crippen molar-refractivity contribution in [1.82, 2.24) is 34.4 Å². The van der Waals surface area contributed by atoms with Crippen LogP contribution in [0.5, 0.6) is 5.88 Å². The summed E-state index contributed by atoms with van der Waals surface area (Å²) in [5.41, 5.74) is 1.04. The maximum atomic E-state index is 13.0. The number of hydrogen-bond acceptors (Lipinski definition) is 8. The van der Waals surface area contributed by atoms with Gasteiger partial charge in [0.25, 0.3) is 5.91 Å².